The highest BCUT2D eigenvalue weighted by molar-refractivity contribution is 7.15. The minimum atomic E-state index is 0.0761. The summed E-state index contributed by atoms with van der Waals surface area (Å²) in [4.78, 5) is 20.4. The van der Waals surface area contributed by atoms with E-state index >= 15 is 0 Å². The molecule has 5 nitrogen and oxygen atoms in total. The molecule has 0 saturated carbocycles. The highest BCUT2D eigenvalue weighted by atomic mass is 35.5. The molecule has 1 aliphatic heterocycles. The molecule has 1 aliphatic rings. The van der Waals surface area contributed by atoms with Gasteiger partial charge in [0.25, 0.3) is 5.91 Å². The molecule has 136 valence electrons. The van der Waals surface area contributed by atoms with Gasteiger partial charge in [0.15, 0.2) is 4.96 Å². The van der Waals surface area contributed by atoms with Gasteiger partial charge in [-0.15, -0.1) is 11.3 Å². The predicted molar refractivity (Wildman–Crippen MR) is 104 cm³/mol. The average Bonchev–Trinajstić information content (AvgIpc) is 3.23. The van der Waals surface area contributed by atoms with E-state index in [1.54, 1.807) is 7.11 Å². The number of ether oxygens (including phenoxy) is 1. The van der Waals surface area contributed by atoms with E-state index in [1.165, 1.54) is 11.3 Å². The number of hydrogen-bond acceptors (Lipinski definition) is 4. The standard InChI is InChI=1S/C19H20ClN3O2S/c1-25-11-13-6-8-22(9-7-13)18(24)17-12-26-19-21-16(10-23(17)19)14-2-4-15(20)5-3-14/h2-5,10,12-13H,6-9,11H2,1H3. The number of halogens is 1. The number of benzene rings is 1. The first-order valence-corrected chi connectivity index (χ1v) is 9.92. The van der Waals surface area contributed by atoms with Crippen LogP contribution in [0, 0.1) is 5.92 Å². The van der Waals surface area contributed by atoms with Crippen molar-refractivity contribution in [1.82, 2.24) is 14.3 Å². The first kappa shape index (κ1) is 17.5. The van der Waals surface area contributed by atoms with Gasteiger partial charge in [-0.3, -0.25) is 9.20 Å². The van der Waals surface area contributed by atoms with Crippen LogP contribution in [0.3, 0.4) is 0 Å². The summed E-state index contributed by atoms with van der Waals surface area (Å²) in [5, 5.41) is 2.60. The molecule has 3 aromatic rings. The molecule has 26 heavy (non-hydrogen) atoms. The molecule has 4 rings (SSSR count). The van der Waals surface area contributed by atoms with Gasteiger partial charge in [0.05, 0.1) is 5.69 Å². The van der Waals surface area contributed by atoms with Crippen molar-refractivity contribution in [3.05, 3.63) is 46.6 Å². The number of likely N-dealkylation sites (tertiary alicyclic amines) is 1. The molecule has 0 aliphatic carbocycles. The molecule has 1 amide bonds. The number of carbonyl (C=O) groups is 1. The Labute approximate surface area is 161 Å². The summed E-state index contributed by atoms with van der Waals surface area (Å²) in [7, 11) is 1.73. The zero-order chi connectivity index (χ0) is 18.1. The van der Waals surface area contributed by atoms with Gasteiger partial charge in [-0.2, -0.15) is 0 Å². The number of amides is 1. The van der Waals surface area contributed by atoms with E-state index in [2.05, 4.69) is 4.98 Å². The third-order valence-corrected chi connectivity index (χ3v) is 5.96. The summed E-state index contributed by atoms with van der Waals surface area (Å²) in [6, 6.07) is 7.58. The minimum Gasteiger partial charge on any atom is -0.384 e. The van der Waals surface area contributed by atoms with E-state index in [-0.39, 0.29) is 5.91 Å². The number of piperidine rings is 1. The van der Waals surface area contributed by atoms with Crippen LogP contribution in [0.15, 0.2) is 35.8 Å². The molecule has 0 N–H and O–H groups in total. The molecule has 7 heteroatoms. The van der Waals surface area contributed by atoms with E-state index in [9.17, 15) is 4.79 Å². The minimum absolute atomic E-state index is 0.0761. The molecule has 0 bridgehead atoms. The number of hydrogen-bond donors (Lipinski definition) is 0. The smallest absolute Gasteiger partial charge is 0.271 e. The van der Waals surface area contributed by atoms with Gasteiger partial charge in [-0.1, -0.05) is 23.7 Å². The van der Waals surface area contributed by atoms with Crippen molar-refractivity contribution in [2.45, 2.75) is 12.8 Å². The Hall–Kier alpha value is -1.89. The van der Waals surface area contributed by atoms with Gasteiger partial charge >= 0.3 is 0 Å². The zero-order valence-corrected chi connectivity index (χ0v) is 16.1. The Bertz CT molecular complexity index is 911. The van der Waals surface area contributed by atoms with E-state index in [1.807, 2.05) is 45.1 Å². The first-order chi connectivity index (χ1) is 12.7. The number of methoxy groups -OCH3 is 1. The van der Waals surface area contributed by atoms with Crippen molar-refractivity contribution in [2.24, 2.45) is 5.92 Å². The van der Waals surface area contributed by atoms with Gasteiger partial charge in [0.2, 0.25) is 0 Å². The van der Waals surface area contributed by atoms with Crippen molar-refractivity contribution < 1.29 is 9.53 Å². The Balaban J connectivity index is 1.55. The largest absolute Gasteiger partial charge is 0.384 e. The third-order valence-electron chi connectivity index (χ3n) is 4.87. The summed E-state index contributed by atoms with van der Waals surface area (Å²) in [5.41, 5.74) is 2.52. The number of imidazole rings is 1. The number of rotatable bonds is 4. The fourth-order valence-electron chi connectivity index (χ4n) is 3.40. The van der Waals surface area contributed by atoms with E-state index in [0.717, 1.165) is 48.8 Å². The Morgan fingerprint density at radius 2 is 2.04 bits per heavy atom. The molecule has 1 aromatic carbocycles. The predicted octanol–water partition coefficient (Wildman–Crippen LogP) is 4.21. The topological polar surface area (TPSA) is 46.8 Å². The van der Waals surface area contributed by atoms with Crippen LogP contribution in [0.5, 0.6) is 0 Å². The number of carbonyl (C=O) groups excluding carboxylic acids is 1. The lowest BCUT2D eigenvalue weighted by Crippen LogP contribution is -2.39. The van der Waals surface area contributed by atoms with Crippen LogP contribution >= 0.6 is 22.9 Å². The number of thiazole rings is 1. The molecule has 0 unspecified atom stereocenters. The lowest BCUT2D eigenvalue weighted by atomic mass is 9.97. The van der Waals surface area contributed by atoms with Crippen molar-refractivity contribution in [1.29, 1.82) is 0 Å². The van der Waals surface area contributed by atoms with E-state index < -0.39 is 0 Å². The summed E-state index contributed by atoms with van der Waals surface area (Å²) in [6.45, 7) is 2.34. The van der Waals surface area contributed by atoms with Crippen molar-refractivity contribution in [3.8, 4) is 11.3 Å². The number of fused-ring (bicyclic) bond motifs is 1. The fraction of sp³-hybridized carbons (Fsp3) is 0.368. The summed E-state index contributed by atoms with van der Waals surface area (Å²) in [6.07, 6.45) is 3.92. The van der Waals surface area contributed by atoms with Gasteiger partial charge in [0.1, 0.15) is 5.69 Å². The van der Waals surface area contributed by atoms with Crippen molar-refractivity contribution in [3.63, 3.8) is 0 Å². The normalized spacial score (nSPS) is 15.7. The maximum atomic E-state index is 13.0. The maximum Gasteiger partial charge on any atom is 0.271 e. The number of aromatic nitrogens is 2. The Kier molecular flexibility index (Phi) is 4.98. The maximum absolute atomic E-state index is 13.0. The monoisotopic (exact) mass is 389 g/mol. The molecular weight excluding hydrogens is 370 g/mol. The van der Waals surface area contributed by atoms with Crippen LogP contribution in [-0.2, 0) is 4.74 Å². The van der Waals surface area contributed by atoms with Crippen LogP contribution < -0.4 is 0 Å². The molecule has 3 heterocycles. The van der Waals surface area contributed by atoms with E-state index in [4.69, 9.17) is 16.3 Å². The highest BCUT2D eigenvalue weighted by Crippen LogP contribution is 2.26. The van der Waals surface area contributed by atoms with Gasteiger partial charge in [-0.05, 0) is 30.9 Å². The van der Waals surface area contributed by atoms with Gasteiger partial charge in [0, 0.05) is 49.0 Å². The van der Waals surface area contributed by atoms with Crippen LogP contribution in [0.4, 0.5) is 0 Å². The van der Waals surface area contributed by atoms with Gasteiger partial charge in [-0.25, -0.2) is 4.98 Å². The van der Waals surface area contributed by atoms with Crippen LogP contribution in [0.1, 0.15) is 23.3 Å². The van der Waals surface area contributed by atoms with Crippen molar-refractivity contribution in [2.75, 3.05) is 26.8 Å². The molecule has 1 fully saturated rings. The lowest BCUT2D eigenvalue weighted by Gasteiger charge is -2.31. The van der Waals surface area contributed by atoms with Crippen LogP contribution in [0.2, 0.25) is 5.02 Å². The first-order valence-electron chi connectivity index (χ1n) is 8.66. The second-order valence-electron chi connectivity index (χ2n) is 6.60. The molecule has 2 aromatic heterocycles. The Morgan fingerprint density at radius 3 is 2.73 bits per heavy atom. The Morgan fingerprint density at radius 1 is 1.31 bits per heavy atom. The molecular formula is C19H20ClN3O2S. The van der Waals surface area contributed by atoms with Crippen molar-refractivity contribution >= 4 is 33.8 Å². The SMILES string of the molecule is COCC1CCN(C(=O)c2csc3nc(-c4ccc(Cl)cc4)cn23)CC1. The lowest BCUT2D eigenvalue weighted by molar-refractivity contribution is 0.0607. The van der Waals surface area contributed by atoms with Crippen LogP contribution in [-0.4, -0.2) is 47.0 Å². The van der Waals surface area contributed by atoms with Gasteiger partial charge < -0.3 is 9.64 Å². The molecule has 0 atom stereocenters. The summed E-state index contributed by atoms with van der Waals surface area (Å²) in [5.74, 6) is 0.628. The third kappa shape index (κ3) is 3.37. The van der Waals surface area contributed by atoms with E-state index in [0.29, 0.717) is 16.6 Å². The second-order valence-corrected chi connectivity index (χ2v) is 7.87. The number of nitrogens with zero attached hydrogens (tertiary/aromatic N) is 3. The summed E-state index contributed by atoms with van der Waals surface area (Å²) >= 11 is 7.45. The van der Waals surface area contributed by atoms with Crippen LogP contribution in [0.25, 0.3) is 16.2 Å². The fourth-order valence-corrected chi connectivity index (χ4v) is 4.37. The quantitative estimate of drug-likeness (QED) is 0.671. The zero-order valence-electron chi connectivity index (χ0n) is 14.5. The second kappa shape index (κ2) is 7.39. The summed E-state index contributed by atoms with van der Waals surface area (Å²) < 4.78 is 7.14. The molecule has 0 spiro atoms. The average molecular weight is 390 g/mol. The highest BCUT2D eigenvalue weighted by Gasteiger charge is 2.26. The molecule has 0 radical (unpaired) electrons. The molecule has 1 saturated heterocycles.